The van der Waals surface area contributed by atoms with Crippen molar-refractivity contribution in [3.63, 3.8) is 0 Å². The number of aromatic nitrogens is 1. The topological polar surface area (TPSA) is 49.6 Å². The molecular weight excluding hydrogens is 364 g/mol. The highest BCUT2D eigenvalue weighted by molar-refractivity contribution is 5.96. The van der Waals surface area contributed by atoms with Crippen molar-refractivity contribution in [2.24, 2.45) is 5.92 Å². The first-order valence-corrected chi connectivity index (χ1v) is 9.89. The Labute approximate surface area is 162 Å². The van der Waals surface area contributed by atoms with E-state index in [9.17, 15) is 13.6 Å². The van der Waals surface area contributed by atoms with E-state index >= 15 is 0 Å². The van der Waals surface area contributed by atoms with E-state index in [2.05, 4.69) is 10.1 Å². The number of hydrogen-bond acceptors (Lipinski definition) is 4. The average molecular weight is 387 g/mol. The molecule has 0 unspecified atom stereocenters. The number of likely N-dealkylation sites (tertiary alicyclic amines) is 1. The van der Waals surface area contributed by atoms with Crippen molar-refractivity contribution in [1.82, 2.24) is 15.0 Å². The zero-order chi connectivity index (χ0) is 19.6. The zero-order valence-corrected chi connectivity index (χ0v) is 16.0. The SMILES string of the molecule is Cc1noc(C)c1C(=O)N1C[C@H](c2cccc(F)c2F)[C@H]2[C@@H]1C1CCN2CC1. The maximum absolute atomic E-state index is 14.7. The number of aryl methyl sites for hydroxylation is 2. The number of carbonyl (C=O) groups excluding carboxylic acids is 1. The number of carbonyl (C=O) groups is 1. The first-order valence-electron chi connectivity index (χ1n) is 9.89. The van der Waals surface area contributed by atoms with Crippen LogP contribution in [0.2, 0.25) is 0 Å². The van der Waals surface area contributed by atoms with Crippen molar-refractivity contribution in [1.29, 1.82) is 0 Å². The first-order chi connectivity index (χ1) is 13.5. The van der Waals surface area contributed by atoms with Gasteiger partial charge in [-0.15, -0.1) is 0 Å². The van der Waals surface area contributed by atoms with Crippen molar-refractivity contribution >= 4 is 5.91 Å². The van der Waals surface area contributed by atoms with Crippen LogP contribution in [0.4, 0.5) is 8.78 Å². The third-order valence-electron chi connectivity index (χ3n) is 6.88. The molecule has 4 saturated heterocycles. The molecule has 0 aliphatic carbocycles. The van der Waals surface area contributed by atoms with E-state index in [-0.39, 0.29) is 23.9 Å². The fourth-order valence-corrected chi connectivity index (χ4v) is 5.67. The number of fused-ring (bicyclic) bond motifs is 2. The molecule has 0 N–H and O–H groups in total. The Balaban J connectivity index is 1.58. The molecule has 1 aromatic heterocycles. The summed E-state index contributed by atoms with van der Waals surface area (Å²) in [4.78, 5) is 17.7. The van der Waals surface area contributed by atoms with E-state index in [0.717, 1.165) is 32.0 Å². The molecule has 0 saturated carbocycles. The quantitative estimate of drug-likeness (QED) is 0.794. The molecular formula is C21H23F2N3O2. The number of piperidine rings is 3. The number of benzene rings is 1. The summed E-state index contributed by atoms with van der Waals surface area (Å²) in [5.74, 6) is -1.09. The van der Waals surface area contributed by atoms with Crippen molar-refractivity contribution in [3.8, 4) is 0 Å². The average Bonchev–Trinajstić information content (AvgIpc) is 3.27. The van der Waals surface area contributed by atoms with E-state index in [1.807, 2.05) is 4.90 Å². The summed E-state index contributed by atoms with van der Waals surface area (Å²) < 4.78 is 33.8. The van der Waals surface area contributed by atoms with Gasteiger partial charge in [-0.25, -0.2) is 8.78 Å². The molecule has 4 fully saturated rings. The van der Waals surface area contributed by atoms with Crippen molar-refractivity contribution in [2.45, 2.75) is 44.7 Å². The van der Waals surface area contributed by atoms with Crippen LogP contribution in [-0.2, 0) is 0 Å². The summed E-state index contributed by atoms with van der Waals surface area (Å²) in [5.41, 5.74) is 1.44. The summed E-state index contributed by atoms with van der Waals surface area (Å²) >= 11 is 0. The van der Waals surface area contributed by atoms with Crippen molar-refractivity contribution in [2.75, 3.05) is 19.6 Å². The van der Waals surface area contributed by atoms with E-state index in [4.69, 9.17) is 4.52 Å². The molecule has 28 heavy (non-hydrogen) atoms. The third-order valence-corrected chi connectivity index (χ3v) is 6.88. The molecule has 7 heteroatoms. The van der Waals surface area contributed by atoms with E-state index in [0.29, 0.717) is 35.0 Å². The second kappa shape index (κ2) is 6.37. The predicted molar refractivity (Wildman–Crippen MR) is 98.0 cm³/mol. The van der Waals surface area contributed by atoms with Crippen LogP contribution < -0.4 is 0 Å². The highest BCUT2D eigenvalue weighted by atomic mass is 19.2. The minimum absolute atomic E-state index is 0.0105. The smallest absolute Gasteiger partial charge is 0.259 e. The maximum atomic E-state index is 14.7. The van der Waals surface area contributed by atoms with Gasteiger partial charge in [0.25, 0.3) is 5.91 Å². The summed E-state index contributed by atoms with van der Waals surface area (Å²) in [6, 6.07) is 4.39. The summed E-state index contributed by atoms with van der Waals surface area (Å²) in [6.07, 6.45) is 2.07. The number of rotatable bonds is 2. The van der Waals surface area contributed by atoms with Gasteiger partial charge in [-0.2, -0.15) is 0 Å². The van der Waals surface area contributed by atoms with Gasteiger partial charge < -0.3 is 9.42 Å². The zero-order valence-electron chi connectivity index (χ0n) is 16.0. The number of hydrogen-bond donors (Lipinski definition) is 0. The van der Waals surface area contributed by atoms with Crippen LogP contribution in [0, 0.1) is 31.4 Å². The van der Waals surface area contributed by atoms with Crippen molar-refractivity contribution in [3.05, 3.63) is 52.4 Å². The van der Waals surface area contributed by atoms with Gasteiger partial charge >= 0.3 is 0 Å². The molecule has 1 aromatic carbocycles. The van der Waals surface area contributed by atoms with Gasteiger partial charge in [0.15, 0.2) is 11.6 Å². The van der Waals surface area contributed by atoms with Crippen LogP contribution in [0.25, 0.3) is 0 Å². The first kappa shape index (κ1) is 17.8. The van der Waals surface area contributed by atoms with Gasteiger partial charge in [0.1, 0.15) is 11.3 Å². The minimum Gasteiger partial charge on any atom is -0.361 e. The van der Waals surface area contributed by atoms with E-state index in [1.165, 1.54) is 0 Å². The van der Waals surface area contributed by atoms with Crippen molar-refractivity contribution < 1.29 is 18.1 Å². The van der Waals surface area contributed by atoms with Gasteiger partial charge in [0, 0.05) is 18.5 Å². The largest absolute Gasteiger partial charge is 0.361 e. The Morgan fingerprint density at radius 3 is 2.61 bits per heavy atom. The predicted octanol–water partition coefficient (Wildman–Crippen LogP) is 3.27. The normalized spacial score (nSPS) is 31.3. The molecule has 6 rings (SSSR count). The van der Waals surface area contributed by atoms with Gasteiger partial charge in [0.2, 0.25) is 0 Å². The molecule has 5 nitrogen and oxygen atoms in total. The highest BCUT2D eigenvalue weighted by Crippen LogP contribution is 2.47. The monoisotopic (exact) mass is 387 g/mol. The Bertz CT molecular complexity index is 916. The molecule has 3 atom stereocenters. The van der Waals surface area contributed by atoms with Crippen LogP contribution in [0.3, 0.4) is 0 Å². The lowest BCUT2D eigenvalue weighted by Crippen LogP contribution is -2.60. The molecule has 4 aliphatic heterocycles. The van der Waals surface area contributed by atoms with Gasteiger partial charge in [0.05, 0.1) is 11.7 Å². The highest BCUT2D eigenvalue weighted by Gasteiger charge is 2.55. The molecule has 1 amide bonds. The second-order valence-corrected chi connectivity index (χ2v) is 8.26. The molecule has 0 spiro atoms. The number of amides is 1. The lowest BCUT2D eigenvalue weighted by atomic mass is 9.75. The second-order valence-electron chi connectivity index (χ2n) is 8.26. The molecule has 148 valence electrons. The third kappa shape index (κ3) is 2.45. The van der Waals surface area contributed by atoms with Crippen LogP contribution in [0.5, 0.6) is 0 Å². The number of halogens is 2. The molecule has 0 radical (unpaired) electrons. The molecule has 4 aliphatic rings. The molecule has 2 aromatic rings. The van der Waals surface area contributed by atoms with Crippen LogP contribution in [0.15, 0.2) is 22.7 Å². The standard InChI is InChI=1S/C21H23F2N3O2/c1-11-17(12(2)28-24-11)21(27)26-10-15(14-4-3-5-16(22)18(14)23)20-19(26)13-6-8-25(20)9-7-13/h3-5,13,15,19-20H,6-10H2,1-2H3/t15-,19+,20+/m1/s1. The Hall–Kier alpha value is -2.28. The maximum Gasteiger partial charge on any atom is 0.259 e. The van der Waals surface area contributed by atoms with Crippen LogP contribution in [0.1, 0.15) is 46.1 Å². The van der Waals surface area contributed by atoms with Gasteiger partial charge in [-0.05, 0) is 57.3 Å². The lowest BCUT2D eigenvalue weighted by Gasteiger charge is -2.51. The van der Waals surface area contributed by atoms with E-state index in [1.54, 1.807) is 26.0 Å². The van der Waals surface area contributed by atoms with Gasteiger partial charge in [-0.3, -0.25) is 9.69 Å². The van der Waals surface area contributed by atoms with Crippen LogP contribution in [-0.4, -0.2) is 52.6 Å². The minimum atomic E-state index is -0.833. The van der Waals surface area contributed by atoms with Gasteiger partial charge in [-0.1, -0.05) is 17.3 Å². The fraction of sp³-hybridized carbons (Fsp3) is 0.524. The Morgan fingerprint density at radius 1 is 1.18 bits per heavy atom. The Kier molecular flexibility index (Phi) is 4.05. The molecule has 5 heterocycles. The lowest BCUT2D eigenvalue weighted by molar-refractivity contribution is -0.00366. The number of nitrogens with zero attached hydrogens (tertiary/aromatic N) is 3. The summed E-state index contributed by atoms with van der Waals surface area (Å²) in [5, 5.41) is 3.92. The fourth-order valence-electron chi connectivity index (χ4n) is 5.67. The molecule has 2 bridgehead atoms. The Morgan fingerprint density at radius 2 is 1.93 bits per heavy atom. The van der Waals surface area contributed by atoms with E-state index < -0.39 is 11.6 Å². The van der Waals surface area contributed by atoms with Crippen LogP contribution >= 0.6 is 0 Å². The summed E-state index contributed by atoms with van der Waals surface area (Å²) in [7, 11) is 0. The summed E-state index contributed by atoms with van der Waals surface area (Å²) in [6.45, 7) is 5.78.